The van der Waals surface area contributed by atoms with E-state index in [9.17, 15) is 9.59 Å². The highest BCUT2D eigenvalue weighted by molar-refractivity contribution is 6.08. The number of aromatic nitrogens is 2. The zero-order valence-electron chi connectivity index (χ0n) is 14.5. The smallest absolute Gasteiger partial charge is 0.322 e. The number of benzene rings is 2. The molecule has 0 aliphatic rings. The molecular formula is C19H19N3O4. The normalized spacial score (nSPS) is 10.7. The molecule has 134 valence electrons. The summed E-state index contributed by atoms with van der Waals surface area (Å²) < 4.78 is 7.30. The lowest BCUT2D eigenvalue weighted by molar-refractivity contribution is -0.135. The fourth-order valence-electron chi connectivity index (χ4n) is 2.89. The van der Waals surface area contributed by atoms with Crippen LogP contribution in [0, 0.1) is 6.92 Å². The van der Waals surface area contributed by atoms with Gasteiger partial charge in [-0.15, -0.1) is 0 Å². The van der Waals surface area contributed by atoms with Crippen LogP contribution in [-0.4, -0.2) is 40.2 Å². The third-order valence-corrected chi connectivity index (χ3v) is 4.10. The van der Waals surface area contributed by atoms with Crippen LogP contribution in [0.4, 0.5) is 0 Å². The van der Waals surface area contributed by atoms with Crippen molar-refractivity contribution in [2.75, 3.05) is 13.7 Å². The summed E-state index contributed by atoms with van der Waals surface area (Å²) in [6.45, 7) is 2.02. The number of ether oxygens (including phenoxy) is 1. The first-order valence-corrected chi connectivity index (χ1v) is 8.09. The van der Waals surface area contributed by atoms with Crippen molar-refractivity contribution in [1.82, 2.24) is 14.9 Å². The molecule has 26 heavy (non-hydrogen) atoms. The van der Waals surface area contributed by atoms with E-state index in [-0.39, 0.29) is 5.56 Å². The highest BCUT2D eigenvalue weighted by Gasteiger charge is 2.21. The summed E-state index contributed by atoms with van der Waals surface area (Å²) in [6, 6.07) is 13.5. The maximum Gasteiger partial charge on any atom is 0.322 e. The van der Waals surface area contributed by atoms with E-state index in [1.165, 1.54) is 7.11 Å². The molecule has 1 aromatic heterocycles. The number of rotatable bonds is 6. The lowest BCUT2D eigenvalue weighted by Gasteiger charge is -2.11. The number of methoxy groups -OCH3 is 1. The van der Waals surface area contributed by atoms with Crippen molar-refractivity contribution < 1.29 is 19.4 Å². The molecule has 0 aliphatic heterocycles. The summed E-state index contributed by atoms with van der Waals surface area (Å²) in [7, 11) is 1.46. The Hall–Kier alpha value is -3.35. The number of amides is 1. The van der Waals surface area contributed by atoms with E-state index < -0.39 is 18.4 Å². The molecule has 0 saturated carbocycles. The fourth-order valence-corrected chi connectivity index (χ4v) is 2.89. The van der Waals surface area contributed by atoms with Gasteiger partial charge in [0.2, 0.25) is 0 Å². The van der Waals surface area contributed by atoms with Crippen molar-refractivity contribution in [3.05, 3.63) is 59.4 Å². The summed E-state index contributed by atoms with van der Waals surface area (Å²) in [5, 5.41) is 11.2. The monoisotopic (exact) mass is 353 g/mol. The number of carboxylic acid groups (broad SMARTS) is 1. The first-order chi connectivity index (χ1) is 12.5. The maximum atomic E-state index is 12.5. The molecule has 2 aromatic carbocycles. The number of aliphatic carboxylic acids is 1. The van der Waals surface area contributed by atoms with Gasteiger partial charge in [0.05, 0.1) is 12.6 Å². The Kier molecular flexibility index (Phi) is 4.88. The van der Waals surface area contributed by atoms with Gasteiger partial charge in [0.15, 0.2) is 0 Å². The second-order valence-electron chi connectivity index (χ2n) is 5.82. The Labute approximate surface area is 150 Å². The van der Waals surface area contributed by atoms with Gasteiger partial charge < -0.3 is 19.7 Å². The number of carbonyl (C=O) groups is 2. The highest BCUT2D eigenvalue weighted by Crippen LogP contribution is 2.29. The average Bonchev–Trinajstić information content (AvgIpc) is 2.95. The molecule has 2 N–H and O–H groups in total. The quantitative estimate of drug-likeness (QED) is 0.709. The van der Waals surface area contributed by atoms with E-state index in [0.717, 1.165) is 16.9 Å². The predicted molar refractivity (Wildman–Crippen MR) is 96.5 cm³/mol. The largest absolute Gasteiger partial charge is 0.496 e. The molecule has 0 atom stereocenters. The van der Waals surface area contributed by atoms with Gasteiger partial charge in [-0.1, -0.05) is 30.3 Å². The fraction of sp³-hybridized carbons (Fsp3) is 0.211. The van der Waals surface area contributed by atoms with Crippen molar-refractivity contribution in [2.45, 2.75) is 13.5 Å². The lowest BCUT2D eigenvalue weighted by atomic mass is 10.1. The number of carbonyl (C=O) groups excluding carboxylic acids is 1. The van der Waals surface area contributed by atoms with Crippen LogP contribution in [0.3, 0.4) is 0 Å². The lowest BCUT2D eigenvalue weighted by Crippen LogP contribution is -2.29. The second kappa shape index (κ2) is 7.26. The Morgan fingerprint density at radius 1 is 1.19 bits per heavy atom. The topological polar surface area (TPSA) is 93.5 Å². The van der Waals surface area contributed by atoms with Crippen LogP contribution < -0.4 is 10.1 Å². The van der Waals surface area contributed by atoms with Crippen LogP contribution in [-0.2, 0) is 11.3 Å². The van der Waals surface area contributed by atoms with E-state index >= 15 is 0 Å². The minimum Gasteiger partial charge on any atom is -0.496 e. The average molecular weight is 353 g/mol. The standard InChI is InChI=1S/C19H19N3O4/c1-12-21-18-14(22(12)11-13-6-4-3-5-7-13)8-9-15(26-2)17(18)19(25)20-10-16(23)24/h3-9H,10-11H2,1-2H3,(H,20,25)(H,23,24). The van der Waals surface area contributed by atoms with Gasteiger partial charge in [0.25, 0.3) is 5.91 Å². The first-order valence-electron chi connectivity index (χ1n) is 8.09. The second-order valence-corrected chi connectivity index (χ2v) is 5.82. The number of carboxylic acids is 1. The molecule has 0 aliphatic carbocycles. The van der Waals surface area contributed by atoms with Crippen molar-refractivity contribution in [3.8, 4) is 5.75 Å². The SMILES string of the molecule is COc1ccc2c(nc(C)n2Cc2ccccc2)c1C(=O)NCC(=O)O. The molecule has 0 fully saturated rings. The third-order valence-electron chi connectivity index (χ3n) is 4.10. The van der Waals surface area contributed by atoms with Crippen molar-refractivity contribution >= 4 is 22.9 Å². The summed E-state index contributed by atoms with van der Waals surface area (Å²) >= 11 is 0. The highest BCUT2D eigenvalue weighted by atomic mass is 16.5. The molecule has 7 heteroatoms. The van der Waals surface area contributed by atoms with E-state index in [4.69, 9.17) is 9.84 Å². The number of imidazole rings is 1. The minimum atomic E-state index is -1.12. The van der Waals surface area contributed by atoms with Crippen LogP contribution >= 0.6 is 0 Å². The summed E-state index contributed by atoms with van der Waals surface area (Å²) in [5.74, 6) is -0.538. The molecule has 7 nitrogen and oxygen atoms in total. The number of hydrogen-bond donors (Lipinski definition) is 2. The number of hydrogen-bond acceptors (Lipinski definition) is 4. The van der Waals surface area contributed by atoms with E-state index in [1.807, 2.05) is 47.9 Å². The third kappa shape index (κ3) is 3.37. The van der Waals surface area contributed by atoms with Gasteiger partial charge in [-0.25, -0.2) is 4.98 Å². The molecule has 0 bridgehead atoms. The molecule has 3 aromatic rings. The summed E-state index contributed by atoms with van der Waals surface area (Å²) in [5.41, 5.74) is 2.62. The Morgan fingerprint density at radius 2 is 1.92 bits per heavy atom. The van der Waals surface area contributed by atoms with Crippen LogP contribution in [0.2, 0.25) is 0 Å². The Morgan fingerprint density at radius 3 is 2.58 bits per heavy atom. The number of nitrogens with one attached hydrogen (secondary N) is 1. The van der Waals surface area contributed by atoms with Gasteiger partial charge in [0.1, 0.15) is 29.2 Å². The Bertz CT molecular complexity index is 964. The van der Waals surface area contributed by atoms with Crippen LogP contribution in [0.5, 0.6) is 5.75 Å². The first kappa shape index (κ1) is 17.5. The van der Waals surface area contributed by atoms with Crippen LogP contribution in [0.25, 0.3) is 11.0 Å². The van der Waals surface area contributed by atoms with Gasteiger partial charge in [-0.05, 0) is 24.6 Å². The van der Waals surface area contributed by atoms with Crippen LogP contribution in [0.15, 0.2) is 42.5 Å². The van der Waals surface area contributed by atoms with Gasteiger partial charge in [-0.2, -0.15) is 0 Å². The molecule has 0 unspecified atom stereocenters. The zero-order chi connectivity index (χ0) is 18.7. The molecule has 1 heterocycles. The summed E-state index contributed by atoms with van der Waals surface area (Å²) in [4.78, 5) is 27.8. The van der Waals surface area contributed by atoms with Crippen molar-refractivity contribution in [3.63, 3.8) is 0 Å². The van der Waals surface area contributed by atoms with Crippen molar-refractivity contribution in [2.24, 2.45) is 0 Å². The number of fused-ring (bicyclic) bond motifs is 1. The molecule has 1 amide bonds. The van der Waals surface area contributed by atoms with Crippen molar-refractivity contribution in [1.29, 1.82) is 0 Å². The number of aryl methyl sites for hydroxylation is 1. The van der Waals surface area contributed by atoms with E-state index in [0.29, 0.717) is 17.8 Å². The zero-order valence-corrected chi connectivity index (χ0v) is 14.5. The van der Waals surface area contributed by atoms with Crippen LogP contribution in [0.1, 0.15) is 21.7 Å². The minimum absolute atomic E-state index is 0.237. The molecule has 0 radical (unpaired) electrons. The number of nitrogens with zero attached hydrogens (tertiary/aromatic N) is 2. The predicted octanol–water partition coefficient (Wildman–Crippen LogP) is 2.22. The van der Waals surface area contributed by atoms with E-state index in [1.54, 1.807) is 6.07 Å². The summed E-state index contributed by atoms with van der Waals surface area (Å²) in [6.07, 6.45) is 0. The molecule has 0 spiro atoms. The van der Waals surface area contributed by atoms with Gasteiger partial charge in [0, 0.05) is 6.54 Å². The maximum absolute atomic E-state index is 12.5. The molecule has 0 saturated heterocycles. The molecular weight excluding hydrogens is 334 g/mol. The van der Waals surface area contributed by atoms with E-state index in [2.05, 4.69) is 10.3 Å². The van der Waals surface area contributed by atoms with Gasteiger partial charge >= 0.3 is 5.97 Å². The van der Waals surface area contributed by atoms with Gasteiger partial charge in [-0.3, -0.25) is 9.59 Å². The molecule has 3 rings (SSSR count). The Balaban J connectivity index is 2.08.